The van der Waals surface area contributed by atoms with Crippen molar-refractivity contribution in [3.63, 3.8) is 0 Å². The molecule has 5 rings (SSSR count). The number of amides is 2. The molecule has 1 N–H and O–H groups in total. The number of aromatic nitrogens is 5. The Bertz CT molecular complexity index is 1350. The van der Waals surface area contributed by atoms with E-state index in [1.807, 2.05) is 24.3 Å². The first kappa shape index (κ1) is 20.6. The van der Waals surface area contributed by atoms with Gasteiger partial charge in [0.25, 0.3) is 5.89 Å². The third-order valence-corrected chi connectivity index (χ3v) is 5.54. The standard InChI is InChI=1S/C22H21N7O4/c1-13-24-22(33-27-13)14-6-7-28-18(8-14)25-26-19(28)11-23-21(31)15-9-20(30)29(12-15)16-4-3-5-17(10-16)32-2/h3-8,10,15H,9,11-12H2,1-2H3,(H,23,31)/t15-/m1/s1. The summed E-state index contributed by atoms with van der Waals surface area (Å²) in [5, 5.41) is 15.0. The number of nitrogens with one attached hydrogen (secondary N) is 1. The van der Waals surface area contributed by atoms with Crippen molar-refractivity contribution < 1.29 is 18.8 Å². The summed E-state index contributed by atoms with van der Waals surface area (Å²) in [5.41, 5.74) is 2.03. The second-order valence-corrected chi connectivity index (χ2v) is 7.73. The van der Waals surface area contributed by atoms with Crippen LogP contribution in [0.15, 0.2) is 47.1 Å². The Hall–Kier alpha value is -4.28. The van der Waals surface area contributed by atoms with Crippen LogP contribution in [0, 0.1) is 12.8 Å². The number of fused-ring (bicyclic) bond motifs is 1. The van der Waals surface area contributed by atoms with Crippen LogP contribution in [0.3, 0.4) is 0 Å². The van der Waals surface area contributed by atoms with E-state index in [2.05, 4.69) is 25.7 Å². The lowest BCUT2D eigenvalue weighted by Gasteiger charge is -2.17. The molecule has 4 heterocycles. The second kappa shape index (κ2) is 8.34. The summed E-state index contributed by atoms with van der Waals surface area (Å²) in [7, 11) is 1.57. The summed E-state index contributed by atoms with van der Waals surface area (Å²) in [4.78, 5) is 31.1. The zero-order valence-corrected chi connectivity index (χ0v) is 18.1. The van der Waals surface area contributed by atoms with Crippen LogP contribution in [-0.2, 0) is 16.1 Å². The van der Waals surface area contributed by atoms with E-state index in [1.54, 1.807) is 41.7 Å². The van der Waals surface area contributed by atoms with Crippen LogP contribution in [0.5, 0.6) is 5.75 Å². The molecule has 1 aliphatic rings. The van der Waals surface area contributed by atoms with Crippen molar-refractivity contribution in [3.8, 4) is 17.2 Å². The second-order valence-electron chi connectivity index (χ2n) is 7.73. The molecule has 168 valence electrons. The van der Waals surface area contributed by atoms with E-state index in [0.29, 0.717) is 41.2 Å². The number of ether oxygens (including phenoxy) is 1. The normalized spacial score (nSPS) is 15.9. The summed E-state index contributed by atoms with van der Waals surface area (Å²) in [6.07, 6.45) is 1.94. The van der Waals surface area contributed by atoms with Crippen LogP contribution in [-0.4, -0.2) is 50.2 Å². The molecule has 4 aromatic rings. The molecule has 11 heteroatoms. The maximum absolute atomic E-state index is 12.8. The number of anilines is 1. The van der Waals surface area contributed by atoms with E-state index in [4.69, 9.17) is 9.26 Å². The highest BCUT2D eigenvalue weighted by atomic mass is 16.5. The number of hydrogen-bond acceptors (Lipinski definition) is 8. The molecule has 0 unspecified atom stereocenters. The first-order valence-electron chi connectivity index (χ1n) is 10.4. The molecule has 1 aromatic carbocycles. The number of pyridine rings is 1. The van der Waals surface area contributed by atoms with Gasteiger partial charge < -0.3 is 19.5 Å². The largest absolute Gasteiger partial charge is 0.497 e. The van der Waals surface area contributed by atoms with E-state index in [0.717, 1.165) is 5.56 Å². The van der Waals surface area contributed by atoms with Gasteiger partial charge >= 0.3 is 0 Å². The first-order chi connectivity index (χ1) is 16.0. The molecule has 1 atom stereocenters. The molecule has 0 spiro atoms. The predicted molar refractivity (Wildman–Crippen MR) is 116 cm³/mol. The van der Waals surface area contributed by atoms with Gasteiger partial charge in [-0.15, -0.1) is 10.2 Å². The van der Waals surface area contributed by atoms with E-state index < -0.39 is 5.92 Å². The minimum absolute atomic E-state index is 0.0971. The number of rotatable bonds is 6. The lowest BCUT2D eigenvalue weighted by Crippen LogP contribution is -2.33. The van der Waals surface area contributed by atoms with Crippen molar-refractivity contribution in [2.24, 2.45) is 5.92 Å². The van der Waals surface area contributed by atoms with Crippen LogP contribution < -0.4 is 15.0 Å². The van der Waals surface area contributed by atoms with E-state index in [1.165, 1.54) is 0 Å². The fraction of sp³-hybridized carbons (Fsp3) is 0.273. The summed E-state index contributed by atoms with van der Waals surface area (Å²) < 4.78 is 12.2. The molecule has 1 fully saturated rings. The van der Waals surface area contributed by atoms with Crippen LogP contribution >= 0.6 is 0 Å². The van der Waals surface area contributed by atoms with Crippen molar-refractivity contribution in [2.75, 3.05) is 18.6 Å². The number of aryl methyl sites for hydroxylation is 1. The summed E-state index contributed by atoms with van der Waals surface area (Å²) in [6.45, 7) is 2.24. The predicted octanol–water partition coefficient (Wildman–Crippen LogP) is 1.77. The van der Waals surface area contributed by atoms with Crippen molar-refractivity contribution in [1.29, 1.82) is 0 Å². The van der Waals surface area contributed by atoms with Gasteiger partial charge in [-0.25, -0.2) is 0 Å². The van der Waals surface area contributed by atoms with Gasteiger partial charge in [0.15, 0.2) is 17.3 Å². The molecule has 2 amide bonds. The zero-order chi connectivity index (χ0) is 22.9. The molecule has 1 saturated heterocycles. The average Bonchev–Trinajstić information content (AvgIpc) is 3.55. The number of hydrogen-bond donors (Lipinski definition) is 1. The van der Waals surface area contributed by atoms with Gasteiger partial charge in [0.1, 0.15) is 5.75 Å². The van der Waals surface area contributed by atoms with Gasteiger partial charge in [-0.05, 0) is 31.2 Å². The van der Waals surface area contributed by atoms with Crippen molar-refractivity contribution in [1.82, 2.24) is 30.1 Å². The minimum atomic E-state index is -0.449. The molecule has 0 saturated carbocycles. The summed E-state index contributed by atoms with van der Waals surface area (Å²) >= 11 is 0. The van der Waals surface area contributed by atoms with E-state index in [9.17, 15) is 9.59 Å². The molecule has 33 heavy (non-hydrogen) atoms. The molecule has 11 nitrogen and oxygen atoms in total. The molecule has 0 bridgehead atoms. The van der Waals surface area contributed by atoms with Crippen molar-refractivity contribution in [3.05, 3.63) is 54.2 Å². The monoisotopic (exact) mass is 447 g/mol. The fourth-order valence-electron chi connectivity index (χ4n) is 3.83. The SMILES string of the molecule is COc1cccc(N2C[C@H](C(=O)NCc3nnc4cc(-c5nc(C)no5)ccn34)CC2=O)c1. The highest BCUT2D eigenvalue weighted by Gasteiger charge is 2.35. The summed E-state index contributed by atoms with van der Waals surface area (Å²) in [6, 6.07) is 10.8. The Morgan fingerprint density at radius 1 is 1.27 bits per heavy atom. The zero-order valence-electron chi connectivity index (χ0n) is 18.1. The fourth-order valence-corrected chi connectivity index (χ4v) is 3.83. The van der Waals surface area contributed by atoms with Crippen molar-refractivity contribution >= 4 is 23.1 Å². The average molecular weight is 447 g/mol. The van der Waals surface area contributed by atoms with Crippen LogP contribution in [0.2, 0.25) is 0 Å². The van der Waals surface area contributed by atoms with Crippen molar-refractivity contribution in [2.45, 2.75) is 19.9 Å². The number of methoxy groups -OCH3 is 1. The Kier molecular flexibility index (Phi) is 5.21. The minimum Gasteiger partial charge on any atom is -0.497 e. The first-order valence-corrected chi connectivity index (χ1v) is 10.4. The number of carbonyl (C=O) groups excluding carboxylic acids is 2. The molecule has 0 aliphatic carbocycles. The Morgan fingerprint density at radius 2 is 2.15 bits per heavy atom. The van der Waals surface area contributed by atoms with Gasteiger partial charge in [0.2, 0.25) is 11.8 Å². The smallest absolute Gasteiger partial charge is 0.258 e. The number of carbonyl (C=O) groups is 2. The third-order valence-electron chi connectivity index (χ3n) is 5.54. The topological polar surface area (TPSA) is 128 Å². The molecule has 0 radical (unpaired) electrons. The van der Waals surface area contributed by atoms with Gasteiger partial charge in [0.05, 0.1) is 19.6 Å². The van der Waals surface area contributed by atoms with Crippen LogP contribution in [0.1, 0.15) is 18.1 Å². The highest BCUT2D eigenvalue weighted by Crippen LogP contribution is 2.28. The Morgan fingerprint density at radius 3 is 2.94 bits per heavy atom. The molecule has 3 aromatic heterocycles. The van der Waals surface area contributed by atoms with Gasteiger partial charge in [-0.1, -0.05) is 11.2 Å². The Balaban J connectivity index is 1.25. The maximum atomic E-state index is 12.8. The molecular formula is C22H21N7O4. The Labute approximate surface area is 188 Å². The van der Waals surface area contributed by atoms with E-state index in [-0.39, 0.29) is 24.8 Å². The van der Waals surface area contributed by atoms with E-state index >= 15 is 0 Å². The number of nitrogens with zero attached hydrogens (tertiary/aromatic N) is 6. The third kappa shape index (κ3) is 4.00. The van der Waals surface area contributed by atoms with Crippen LogP contribution in [0.4, 0.5) is 5.69 Å². The highest BCUT2D eigenvalue weighted by molar-refractivity contribution is 6.00. The van der Waals surface area contributed by atoms with Gasteiger partial charge in [-0.2, -0.15) is 4.98 Å². The maximum Gasteiger partial charge on any atom is 0.258 e. The number of benzene rings is 1. The molecule has 1 aliphatic heterocycles. The van der Waals surface area contributed by atoms with Crippen LogP contribution in [0.25, 0.3) is 17.1 Å². The van der Waals surface area contributed by atoms with Gasteiger partial charge in [0, 0.05) is 36.5 Å². The van der Waals surface area contributed by atoms with Gasteiger partial charge in [-0.3, -0.25) is 14.0 Å². The lowest BCUT2D eigenvalue weighted by atomic mass is 10.1. The quantitative estimate of drug-likeness (QED) is 0.474. The molecular weight excluding hydrogens is 426 g/mol. The lowest BCUT2D eigenvalue weighted by molar-refractivity contribution is -0.126. The summed E-state index contributed by atoms with van der Waals surface area (Å²) in [5.74, 6) is 1.42.